The van der Waals surface area contributed by atoms with Crippen LogP contribution in [0.3, 0.4) is 0 Å². The van der Waals surface area contributed by atoms with Crippen molar-refractivity contribution in [3.05, 3.63) is 59.3 Å². The first-order valence-electron chi connectivity index (χ1n) is 8.05. The first-order chi connectivity index (χ1) is 13.5. The number of thioether (sulfide) groups is 1. The largest absolute Gasteiger partial charge is 0.486 e. The van der Waals surface area contributed by atoms with Crippen molar-refractivity contribution in [3.63, 3.8) is 0 Å². The van der Waals surface area contributed by atoms with E-state index in [1.54, 1.807) is 41.9 Å². The van der Waals surface area contributed by atoms with Crippen molar-refractivity contribution >= 4 is 35.2 Å². The fraction of sp³-hybridized carbons (Fsp3) is 0.176. The predicted octanol–water partition coefficient (Wildman–Crippen LogP) is 2.19. The van der Waals surface area contributed by atoms with E-state index in [2.05, 4.69) is 21.0 Å². The van der Waals surface area contributed by atoms with Crippen LogP contribution in [0.2, 0.25) is 5.02 Å². The van der Waals surface area contributed by atoms with E-state index in [1.165, 1.54) is 24.1 Å². The summed E-state index contributed by atoms with van der Waals surface area (Å²) in [5.41, 5.74) is 4.57. The number of hydrogen-bond acceptors (Lipinski definition) is 7. The Kier molecular flexibility index (Phi) is 6.56. The molecule has 1 aromatic carbocycles. The molecule has 0 unspecified atom stereocenters. The summed E-state index contributed by atoms with van der Waals surface area (Å²) >= 11 is 7.02. The second-order valence-corrected chi connectivity index (χ2v) is 6.85. The second kappa shape index (κ2) is 9.29. The van der Waals surface area contributed by atoms with Gasteiger partial charge in [0.1, 0.15) is 12.4 Å². The molecule has 0 saturated carbocycles. The quantitative estimate of drug-likeness (QED) is 0.444. The zero-order valence-corrected chi connectivity index (χ0v) is 16.3. The minimum atomic E-state index is -0.538. The molecule has 3 aromatic rings. The van der Waals surface area contributed by atoms with Crippen LogP contribution in [0.25, 0.3) is 0 Å². The van der Waals surface area contributed by atoms with Crippen LogP contribution in [-0.4, -0.2) is 32.3 Å². The third-order valence-corrected chi connectivity index (χ3v) is 4.77. The van der Waals surface area contributed by atoms with Gasteiger partial charge in [-0.25, -0.2) is 0 Å². The highest BCUT2D eigenvalue weighted by molar-refractivity contribution is 7.99. The zero-order valence-electron chi connectivity index (χ0n) is 14.7. The first kappa shape index (κ1) is 19.8. The molecule has 0 atom stereocenters. The van der Waals surface area contributed by atoms with Crippen molar-refractivity contribution in [1.82, 2.24) is 25.6 Å². The van der Waals surface area contributed by atoms with Gasteiger partial charge in [0.2, 0.25) is 5.91 Å². The molecule has 0 saturated heterocycles. The van der Waals surface area contributed by atoms with Gasteiger partial charge in [-0.3, -0.25) is 20.4 Å². The molecule has 28 heavy (non-hydrogen) atoms. The van der Waals surface area contributed by atoms with Crippen molar-refractivity contribution in [2.45, 2.75) is 11.8 Å². The fourth-order valence-electron chi connectivity index (χ4n) is 2.04. The average molecular weight is 422 g/mol. The average Bonchev–Trinajstić information content (AvgIpc) is 3.35. The van der Waals surface area contributed by atoms with Gasteiger partial charge in [0.25, 0.3) is 0 Å². The zero-order chi connectivity index (χ0) is 19.9. The van der Waals surface area contributed by atoms with E-state index in [9.17, 15) is 9.59 Å². The molecule has 0 aliphatic heterocycles. The van der Waals surface area contributed by atoms with Crippen LogP contribution in [0.15, 0.2) is 52.2 Å². The van der Waals surface area contributed by atoms with Gasteiger partial charge in [-0.05, 0) is 36.4 Å². The monoisotopic (exact) mass is 421 g/mol. The Hall–Kier alpha value is -2.98. The topological polar surface area (TPSA) is 111 Å². The molecule has 11 heteroatoms. The molecule has 0 radical (unpaired) electrons. The maximum atomic E-state index is 11.9. The van der Waals surface area contributed by atoms with Crippen LogP contribution in [-0.2, 0) is 18.4 Å². The molecule has 2 aromatic heterocycles. The maximum absolute atomic E-state index is 11.9. The molecule has 0 aliphatic rings. The van der Waals surface area contributed by atoms with E-state index in [0.29, 0.717) is 21.8 Å². The van der Waals surface area contributed by atoms with Gasteiger partial charge in [-0.2, -0.15) is 0 Å². The van der Waals surface area contributed by atoms with Gasteiger partial charge in [-0.1, -0.05) is 23.4 Å². The first-order valence-corrected chi connectivity index (χ1v) is 9.41. The lowest BCUT2D eigenvalue weighted by Gasteiger charge is -2.07. The lowest BCUT2D eigenvalue weighted by molar-refractivity contribution is -0.119. The van der Waals surface area contributed by atoms with Crippen molar-refractivity contribution in [2.24, 2.45) is 7.05 Å². The minimum absolute atomic E-state index is 0.0441. The van der Waals surface area contributed by atoms with Crippen LogP contribution in [0, 0.1) is 0 Å². The second-order valence-electron chi connectivity index (χ2n) is 5.47. The molecule has 3 rings (SSSR count). The number of amides is 2. The summed E-state index contributed by atoms with van der Waals surface area (Å²) in [5.74, 6) is 0.474. The molecule has 2 N–H and O–H groups in total. The fourth-order valence-corrected chi connectivity index (χ4v) is 2.89. The summed E-state index contributed by atoms with van der Waals surface area (Å²) in [6, 6.07) is 10.1. The Morgan fingerprint density at radius 2 is 2.00 bits per heavy atom. The number of nitrogens with one attached hydrogen (secondary N) is 2. The highest BCUT2D eigenvalue weighted by Gasteiger charge is 2.13. The molecule has 2 amide bonds. The summed E-state index contributed by atoms with van der Waals surface area (Å²) in [4.78, 5) is 23.6. The van der Waals surface area contributed by atoms with Crippen LogP contribution in [0.4, 0.5) is 0 Å². The summed E-state index contributed by atoms with van der Waals surface area (Å²) in [7, 11) is 1.78. The smallest absolute Gasteiger partial charge is 0.305 e. The SMILES string of the molecule is Cn1c(COc2ccc(Cl)cc2)nnc1SCC(=O)NNC(=O)c1ccco1. The standard InChI is InChI=1S/C17H16ClN5O4S/c1-23-14(9-27-12-6-4-11(18)5-7-12)19-22-17(23)28-10-15(24)20-21-16(25)13-3-2-8-26-13/h2-8H,9-10H2,1H3,(H,20,24)(H,21,25). The predicted molar refractivity (Wildman–Crippen MR) is 102 cm³/mol. The van der Waals surface area contributed by atoms with Crippen LogP contribution < -0.4 is 15.6 Å². The van der Waals surface area contributed by atoms with E-state index in [0.717, 1.165) is 0 Å². The highest BCUT2D eigenvalue weighted by Crippen LogP contribution is 2.18. The normalized spacial score (nSPS) is 10.5. The number of halogens is 1. The molecule has 0 aliphatic carbocycles. The minimum Gasteiger partial charge on any atom is -0.486 e. The number of nitrogens with zero attached hydrogens (tertiary/aromatic N) is 3. The van der Waals surface area contributed by atoms with Crippen LogP contribution >= 0.6 is 23.4 Å². The van der Waals surface area contributed by atoms with E-state index in [-0.39, 0.29) is 18.1 Å². The molecule has 0 spiro atoms. The number of aromatic nitrogens is 3. The maximum Gasteiger partial charge on any atom is 0.305 e. The molecule has 0 fully saturated rings. The number of furan rings is 1. The lowest BCUT2D eigenvalue weighted by Crippen LogP contribution is -2.42. The van der Waals surface area contributed by atoms with Crippen LogP contribution in [0.5, 0.6) is 5.75 Å². The molecular formula is C17H16ClN5O4S. The van der Waals surface area contributed by atoms with Gasteiger partial charge in [0.05, 0.1) is 12.0 Å². The van der Waals surface area contributed by atoms with Gasteiger partial charge in [0.15, 0.2) is 16.7 Å². The number of carbonyl (C=O) groups excluding carboxylic acids is 2. The molecule has 146 valence electrons. The summed E-state index contributed by atoms with van der Waals surface area (Å²) in [6.45, 7) is 0.219. The summed E-state index contributed by atoms with van der Waals surface area (Å²) in [6.07, 6.45) is 1.37. The number of benzene rings is 1. The number of hydrazine groups is 1. The van der Waals surface area contributed by atoms with E-state index in [4.69, 9.17) is 20.8 Å². The van der Waals surface area contributed by atoms with Crippen molar-refractivity contribution in [1.29, 1.82) is 0 Å². The number of hydrogen-bond donors (Lipinski definition) is 2. The number of rotatable bonds is 7. The Morgan fingerprint density at radius 3 is 2.71 bits per heavy atom. The Labute approximate surface area is 169 Å². The Morgan fingerprint density at radius 1 is 1.21 bits per heavy atom. The molecule has 0 bridgehead atoms. The summed E-state index contributed by atoms with van der Waals surface area (Å²) in [5, 5.41) is 9.28. The summed E-state index contributed by atoms with van der Waals surface area (Å²) < 4.78 is 12.3. The number of carbonyl (C=O) groups is 2. The molecule has 2 heterocycles. The van der Waals surface area contributed by atoms with E-state index >= 15 is 0 Å². The van der Waals surface area contributed by atoms with Gasteiger partial charge in [0, 0.05) is 12.1 Å². The third kappa shape index (κ3) is 5.27. The van der Waals surface area contributed by atoms with E-state index in [1.807, 2.05) is 0 Å². The molecule has 9 nitrogen and oxygen atoms in total. The van der Waals surface area contributed by atoms with Gasteiger partial charge < -0.3 is 13.7 Å². The van der Waals surface area contributed by atoms with Gasteiger partial charge in [-0.15, -0.1) is 10.2 Å². The Bertz CT molecular complexity index is 943. The lowest BCUT2D eigenvalue weighted by atomic mass is 10.3. The van der Waals surface area contributed by atoms with Crippen molar-refractivity contribution < 1.29 is 18.7 Å². The van der Waals surface area contributed by atoms with Gasteiger partial charge >= 0.3 is 5.91 Å². The third-order valence-electron chi connectivity index (χ3n) is 3.50. The molecular weight excluding hydrogens is 406 g/mol. The number of ether oxygens (including phenoxy) is 1. The van der Waals surface area contributed by atoms with Crippen molar-refractivity contribution in [2.75, 3.05) is 5.75 Å². The van der Waals surface area contributed by atoms with Crippen molar-refractivity contribution in [3.8, 4) is 5.75 Å². The van der Waals surface area contributed by atoms with E-state index < -0.39 is 11.8 Å². The highest BCUT2D eigenvalue weighted by atomic mass is 35.5. The Balaban J connectivity index is 1.45. The van der Waals surface area contributed by atoms with Crippen LogP contribution in [0.1, 0.15) is 16.4 Å².